The minimum Gasteiger partial charge on any atom is -0.363 e. The minimum absolute atomic E-state index is 0. The molecule has 1 aliphatic rings. The van der Waals surface area contributed by atoms with Gasteiger partial charge in [-0.05, 0) is 30.4 Å². The van der Waals surface area contributed by atoms with Gasteiger partial charge >= 0.3 is 0 Å². The van der Waals surface area contributed by atoms with Crippen LogP contribution in [0.5, 0.6) is 0 Å². The maximum Gasteiger partial charge on any atom is 0.255 e. The highest BCUT2D eigenvalue weighted by Gasteiger charge is 2.20. The third-order valence-electron chi connectivity index (χ3n) is 3.30. The lowest BCUT2D eigenvalue weighted by atomic mass is 10.1. The van der Waals surface area contributed by atoms with Gasteiger partial charge in [0.25, 0.3) is 6.43 Å². The second kappa shape index (κ2) is 9.39. The van der Waals surface area contributed by atoms with Crippen molar-refractivity contribution in [2.75, 3.05) is 31.6 Å². The predicted molar refractivity (Wildman–Crippen MR) is 95.5 cm³/mol. The van der Waals surface area contributed by atoms with Gasteiger partial charge in [-0.2, -0.15) is 0 Å². The lowest BCUT2D eigenvalue weighted by Crippen LogP contribution is -2.49. The van der Waals surface area contributed by atoms with E-state index in [2.05, 4.69) is 38.0 Å². The Morgan fingerprint density at radius 2 is 2.19 bits per heavy atom. The molecular formula is C13H21F2IN4S. The van der Waals surface area contributed by atoms with Gasteiger partial charge in [0, 0.05) is 26.2 Å². The summed E-state index contributed by atoms with van der Waals surface area (Å²) in [5.74, 6) is 0.458. The molecule has 1 fully saturated rings. The van der Waals surface area contributed by atoms with Gasteiger partial charge in [0.05, 0.1) is 11.5 Å². The van der Waals surface area contributed by atoms with Crippen LogP contribution in [-0.2, 0) is 0 Å². The number of alkyl halides is 2. The summed E-state index contributed by atoms with van der Waals surface area (Å²) in [6.45, 7) is 1.59. The highest BCUT2D eigenvalue weighted by Crippen LogP contribution is 2.24. The smallest absolute Gasteiger partial charge is 0.255 e. The van der Waals surface area contributed by atoms with E-state index in [1.807, 2.05) is 0 Å². The van der Waals surface area contributed by atoms with Crippen LogP contribution in [0.4, 0.5) is 13.8 Å². The first-order chi connectivity index (χ1) is 9.69. The summed E-state index contributed by atoms with van der Waals surface area (Å²) in [6.07, 6.45) is -0.408. The van der Waals surface area contributed by atoms with Gasteiger partial charge in [-0.3, -0.25) is 4.99 Å². The van der Waals surface area contributed by atoms with Crippen molar-refractivity contribution in [3.05, 3.63) is 17.5 Å². The summed E-state index contributed by atoms with van der Waals surface area (Å²) in [5.41, 5.74) is 0. The van der Waals surface area contributed by atoms with Crippen LogP contribution in [0.25, 0.3) is 0 Å². The van der Waals surface area contributed by atoms with Crippen LogP contribution in [-0.4, -0.2) is 45.1 Å². The fourth-order valence-electron chi connectivity index (χ4n) is 2.26. The van der Waals surface area contributed by atoms with Crippen molar-refractivity contribution in [3.63, 3.8) is 0 Å². The molecule has 1 aromatic heterocycles. The first-order valence-corrected chi connectivity index (χ1v) is 7.61. The Kier molecular flexibility index (Phi) is 8.23. The van der Waals surface area contributed by atoms with Crippen LogP contribution in [0.1, 0.15) is 12.8 Å². The molecule has 1 saturated heterocycles. The van der Waals surface area contributed by atoms with Gasteiger partial charge in [0.1, 0.15) is 0 Å². The van der Waals surface area contributed by atoms with Crippen LogP contribution in [0.3, 0.4) is 0 Å². The monoisotopic (exact) mass is 430 g/mol. The predicted octanol–water partition coefficient (Wildman–Crippen LogP) is 2.77. The summed E-state index contributed by atoms with van der Waals surface area (Å²) >= 11 is 1.75. The highest BCUT2D eigenvalue weighted by atomic mass is 127. The number of piperidine rings is 1. The number of rotatable bonds is 4. The van der Waals surface area contributed by atoms with Gasteiger partial charge in [-0.1, -0.05) is 0 Å². The number of nitrogens with zero attached hydrogens (tertiary/aromatic N) is 2. The molecule has 0 spiro atoms. The van der Waals surface area contributed by atoms with Gasteiger partial charge < -0.3 is 15.5 Å². The summed E-state index contributed by atoms with van der Waals surface area (Å²) in [5, 5.41) is 9.22. The summed E-state index contributed by atoms with van der Waals surface area (Å²) < 4.78 is 24.3. The van der Waals surface area contributed by atoms with Gasteiger partial charge in [-0.25, -0.2) is 8.78 Å². The van der Waals surface area contributed by atoms with E-state index in [1.54, 1.807) is 18.4 Å². The zero-order valence-corrected chi connectivity index (χ0v) is 15.0. The molecule has 4 nitrogen and oxygen atoms in total. The van der Waals surface area contributed by atoms with E-state index in [0.29, 0.717) is 5.96 Å². The maximum atomic E-state index is 12.2. The Morgan fingerprint density at radius 1 is 1.48 bits per heavy atom. The average Bonchev–Trinajstić information content (AvgIpc) is 2.98. The molecule has 0 aliphatic carbocycles. The molecule has 0 radical (unpaired) electrons. The number of guanidine groups is 1. The topological polar surface area (TPSA) is 39.7 Å². The molecule has 2 heterocycles. The lowest BCUT2D eigenvalue weighted by Gasteiger charge is -2.33. The van der Waals surface area contributed by atoms with Crippen molar-refractivity contribution in [1.29, 1.82) is 0 Å². The second-order valence-corrected chi connectivity index (χ2v) is 5.63. The zero-order valence-electron chi connectivity index (χ0n) is 11.9. The molecule has 0 saturated carbocycles. The molecule has 8 heteroatoms. The third-order valence-corrected chi connectivity index (χ3v) is 4.23. The lowest BCUT2D eigenvalue weighted by molar-refractivity contribution is 0.152. The molecule has 1 aromatic rings. The van der Waals surface area contributed by atoms with E-state index >= 15 is 0 Å². The fraction of sp³-hybridized carbons (Fsp3) is 0.615. The first kappa shape index (κ1) is 18.4. The van der Waals surface area contributed by atoms with Crippen molar-refractivity contribution in [1.82, 2.24) is 10.6 Å². The maximum absolute atomic E-state index is 12.2. The Hall–Kier alpha value is -0.640. The van der Waals surface area contributed by atoms with E-state index in [9.17, 15) is 8.78 Å². The molecule has 21 heavy (non-hydrogen) atoms. The molecule has 1 aliphatic heterocycles. The fourth-order valence-corrected chi connectivity index (χ4v) is 3.04. The normalized spacial score (nSPS) is 16.8. The molecule has 0 atom stereocenters. The molecule has 2 rings (SSSR count). The van der Waals surface area contributed by atoms with E-state index in [4.69, 9.17) is 0 Å². The number of hydrogen-bond acceptors (Lipinski definition) is 3. The van der Waals surface area contributed by atoms with Crippen LogP contribution in [0.2, 0.25) is 0 Å². The van der Waals surface area contributed by atoms with Crippen molar-refractivity contribution in [2.45, 2.75) is 25.3 Å². The zero-order chi connectivity index (χ0) is 14.4. The van der Waals surface area contributed by atoms with E-state index in [-0.39, 0.29) is 36.6 Å². The van der Waals surface area contributed by atoms with E-state index in [1.165, 1.54) is 5.00 Å². The largest absolute Gasteiger partial charge is 0.363 e. The van der Waals surface area contributed by atoms with Gasteiger partial charge in [0.15, 0.2) is 5.96 Å². The standard InChI is InChI=1S/C13H20F2N4S.HI/c1-16-13(17-9-11(14)15)18-10-4-6-19(7-5-10)12-3-2-8-20-12;/h2-3,8,10-11H,4-7,9H2,1H3,(H2,16,17,18);1H. The molecule has 0 aromatic carbocycles. The number of anilines is 1. The third kappa shape index (κ3) is 5.93. The number of hydrogen-bond donors (Lipinski definition) is 2. The second-order valence-electron chi connectivity index (χ2n) is 4.70. The van der Waals surface area contributed by atoms with Crippen molar-refractivity contribution in [3.8, 4) is 0 Å². The molecule has 120 valence electrons. The Balaban J connectivity index is 0.00000220. The highest BCUT2D eigenvalue weighted by molar-refractivity contribution is 14.0. The molecule has 0 bridgehead atoms. The van der Waals surface area contributed by atoms with Crippen LogP contribution in [0, 0.1) is 0 Å². The number of thiophene rings is 1. The van der Waals surface area contributed by atoms with Crippen LogP contribution in [0.15, 0.2) is 22.5 Å². The van der Waals surface area contributed by atoms with Crippen molar-refractivity contribution < 1.29 is 8.78 Å². The number of nitrogens with one attached hydrogen (secondary N) is 2. The average molecular weight is 430 g/mol. The SMILES string of the molecule is CN=C(NCC(F)F)NC1CCN(c2cccs2)CC1.I. The summed E-state index contributed by atoms with van der Waals surface area (Å²) in [7, 11) is 1.60. The van der Waals surface area contributed by atoms with E-state index in [0.717, 1.165) is 25.9 Å². The quantitative estimate of drug-likeness (QED) is 0.439. The molecule has 0 amide bonds. The molecular weight excluding hydrogens is 409 g/mol. The van der Waals surface area contributed by atoms with Crippen LogP contribution < -0.4 is 15.5 Å². The number of halogens is 3. The summed E-state index contributed by atoms with van der Waals surface area (Å²) in [4.78, 5) is 6.33. The van der Waals surface area contributed by atoms with Crippen molar-refractivity contribution in [2.24, 2.45) is 4.99 Å². The minimum atomic E-state index is -2.37. The molecule has 0 unspecified atom stereocenters. The Morgan fingerprint density at radius 3 is 2.71 bits per heavy atom. The first-order valence-electron chi connectivity index (χ1n) is 6.73. The number of aliphatic imine (C=N–C) groups is 1. The Labute approximate surface area is 145 Å². The molecule has 2 N–H and O–H groups in total. The Bertz CT molecular complexity index is 420. The van der Waals surface area contributed by atoms with E-state index < -0.39 is 6.43 Å². The van der Waals surface area contributed by atoms with Crippen LogP contribution >= 0.6 is 35.3 Å². The van der Waals surface area contributed by atoms with Gasteiger partial charge in [-0.15, -0.1) is 35.3 Å². The van der Waals surface area contributed by atoms with Crippen molar-refractivity contribution >= 4 is 46.3 Å². The van der Waals surface area contributed by atoms with Gasteiger partial charge in [0.2, 0.25) is 0 Å². The summed E-state index contributed by atoms with van der Waals surface area (Å²) in [6, 6.07) is 4.47.